The van der Waals surface area contributed by atoms with Gasteiger partial charge in [0.15, 0.2) is 0 Å². The van der Waals surface area contributed by atoms with Gasteiger partial charge in [0.05, 0.1) is 22.6 Å². The van der Waals surface area contributed by atoms with Crippen molar-refractivity contribution in [2.45, 2.75) is 38.3 Å². The molecule has 3 aliphatic heterocycles. The fourth-order valence-corrected chi connectivity index (χ4v) is 5.02. The summed E-state index contributed by atoms with van der Waals surface area (Å²) in [6.45, 7) is 2.24. The molecule has 1 saturated heterocycles. The highest BCUT2D eigenvalue weighted by molar-refractivity contribution is 6.11. The Hall–Kier alpha value is -3.68. The number of nitrogens with zero attached hydrogens (tertiary/aromatic N) is 3. The van der Waals surface area contributed by atoms with Crippen LogP contribution in [0.5, 0.6) is 0 Å². The van der Waals surface area contributed by atoms with E-state index in [1.165, 1.54) is 4.90 Å². The van der Waals surface area contributed by atoms with Crippen LogP contribution in [0.2, 0.25) is 0 Å². The molecule has 1 N–H and O–H groups in total. The van der Waals surface area contributed by atoms with E-state index in [2.05, 4.69) is 5.32 Å². The second-order valence-corrected chi connectivity index (χ2v) is 8.57. The highest BCUT2D eigenvalue weighted by atomic mass is 16.2. The highest BCUT2D eigenvalue weighted by Gasteiger charge is 2.52. The van der Waals surface area contributed by atoms with Gasteiger partial charge in [0.25, 0.3) is 5.91 Å². The third-order valence-electron chi connectivity index (χ3n) is 6.59. The molecule has 4 amide bonds. The Labute approximate surface area is 185 Å². The van der Waals surface area contributed by atoms with Gasteiger partial charge in [0.1, 0.15) is 12.2 Å². The summed E-state index contributed by atoms with van der Waals surface area (Å²) in [4.78, 5) is 55.9. The molecule has 3 aliphatic rings. The van der Waals surface area contributed by atoms with Crippen molar-refractivity contribution in [3.05, 3.63) is 54.1 Å². The zero-order chi connectivity index (χ0) is 22.5. The largest absolute Gasteiger partial charge is 0.323 e. The number of hydrogen-bond acceptors (Lipinski definition) is 4. The number of carbonyl (C=O) groups excluding carboxylic acids is 4. The highest BCUT2D eigenvalue weighted by Crippen LogP contribution is 2.44. The van der Waals surface area contributed by atoms with Crippen LogP contribution in [0, 0.1) is 0 Å². The van der Waals surface area contributed by atoms with E-state index in [9.17, 15) is 19.2 Å². The van der Waals surface area contributed by atoms with Crippen LogP contribution in [-0.4, -0.2) is 47.3 Å². The molecular weight excluding hydrogens is 408 g/mol. The smallest absolute Gasteiger partial charge is 0.257 e. The van der Waals surface area contributed by atoms with Crippen molar-refractivity contribution < 1.29 is 19.2 Å². The maximum atomic E-state index is 13.3. The molecule has 0 aliphatic carbocycles. The minimum Gasteiger partial charge on any atom is -0.323 e. The van der Waals surface area contributed by atoms with Crippen molar-refractivity contribution in [3.63, 3.8) is 0 Å². The molecule has 1 unspecified atom stereocenters. The standard InChI is InChI=1S/C24H24N4O4/c1-24-13-12-22(31)28(24)18-9-4-2-7-16(18)23(32)27(24)14-6-11-21(30)26-15-20(29)25-17-8-3-5-10-19(17)26/h2-5,7-10H,6,11-15H2,1H3,(H,25,29). The Morgan fingerprint density at radius 2 is 1.75 bits per heavy atom. The number of para-hydroxylation sites is 3. The summed E-state index contributed by atoms with van der Waals surface area (Å²) in [6.07, 6.45) is 1.56. The first kappa shape index (κ1) is 20.2. The molecule has 1 atom stereocenters. The fraction of sp³-hybridized carbons (Fsp3) is 0.333. The zero-order valence-electron chi connectivity index (χ0n) is 17.8. The first-order valence-corrected chi connectivity index (χ1v) is 10.8. The van der Waals surface area contributed by atoms with Crippen LogP contribution in [0.3, 0.4) is 0 Å². The van der Waals surface area contributed by atoms with Crippen LogP contribution >= 0.6 is 0 Å². The molecule has 3 heterocycles. The molecule has 5 rings (SSSR count). The van der Waals surface area contributed by atoms with E-state index in [0.717, 1.165) is 0 Å². The van der Waals surface area contributed by atoms with Crippen LogP contribution in [-0.2, 0) is 14.4 Å². The first-order chi connectivity index (χ1) is 15.4. The SMILES string of the molecule is CC12CCC(=O)N1c1ccccc1C(=O)N2CCCC(=O)N1CC(=O)Nc2ccccc21. The van der Waals surface area contributed by atoms with E-state index < -0.39 is 5.66 Å². The lowest BCUT2D eigenvalue weighted by Crippen LogP contribution is -2.62. The normalized spacial score (nSPS) is 21.8. The number of carbonyl (C=O) groups is 4. The molecule has 0 saturated carbocycles. The zero-order valence-corrected chi connectivity index (χ0v) is 17.8. The van der Waals surface area contributed by atoms with E-state index >= 15 is 0 Å². The van der Waals surface area contributed by atoms with Gasteiger partial charge in [-0.2, -0.15) is 0 Å². The molecule has 8 nitrogen and oxygen atoms in total. The summed E-state index contributed by atoms with van der Waals surface area (Å²) in [5.74, 6) is -0.511. The maximum absolute atomic E-state index is 13.3. The van der Waals surface area contributed by atoms with Crippen LogP contribution in [0.1, 0.15) is 43.0 Å². The summed E-state index contributed by atoms with van der Waals surface area (Å²) in [7, 11) is 0. The molecule has 2 aromatic rings. The predicted molar refractivity (Wildman–Crippen MR) is 119 cm³/mol. The number of nitrogens with one attached hydrogen (secondary N) is 1. The third-order valence-corrected chi connectivity index (χ3v) is 6.59. The van der Waals surface area contributed by atoms with Crippen molar-refractivity contribution in [2.75, 3.05) is 28.2 Å². The van der Waals surface area contributed by atoms with Gasteiger partial charge in [-0.1, -0.05) is 24.3 Å². The summed E-state index contributed by atoms with van der Waals surface area (Å²) in [5.41, 5.74) is 1.73. The Kier molecular flexibility index (Phi) is 4.73. The van der Waals surface area contributed by atoms with Crippen LogP contribution in [0.25, 0.3) is 0 Å². The summed E-state index contributed by atoms with van der Waals surface area (Å²) < 4.78 is 0. The third kappa shape index (κ3) is 3.05. The van der Waals surface area contributed by atoms with Crippen LogP contribution < -0.4 is 15.1 Å². The number of amides is 4. The maximum Gasteiger partial charge on any atom is 0.257 e. The number of hydrogen-bond donors (Lipinski definition) is 1. The van der Waals surface area contributed by atoms with Gasteiger partial charge >= 0.3 is 0 Å². The monoisotopic (exact) mass is 432 g/mol. The molecule has 8 heteroatoms. The van der Waals surface area contributed by atoms with Gasteiger partial charge in [0, 0.05) is 19.4 Å². The lowest BCUT2D eigenvalue weighted by molar-refractivity contribution is -0.122. The van der Waals surface area contributed by atoms with Gasteiger partial charge in [-0.15, -0.1) is 0 Å². The van der Waals surface area contributed by atoms with E-state index in [0.29, 0.717) is 48.4 Å². The van der Waals surface area contributed by atoms with Gasteiger partial charge in [0.2, 0.25) is 17.7 Å². The molecule has 0 aromatic heterocycles. The summed E-state index contributed by atoms with van der Waals surface area (Å²) in [5, 5.41) is 2.78. The quantitative estimate of drug-likeness (QED) is 0.805. The second kappa shape index (κ2) is 7.47. The van der Waals surface area contributed by atoms with Crippen molar-refractivity contribution in [1.82, 2.24) is 4.90 Å². The first-order valence-electron chi connectivity index (χ1n) is 10.8. The molecule has 164 valence electrons. The lowest BCUT2D eigenvalue weighted by Gasteiger charge is -2.48. The molecule has 0 spiro atoms. The number of anilines is 3. The average Bonchev–Trinajstić information content (AvgIpc) is 3.10. The van der Waals surface area contributed by atoms with Crippen LogP contribution in [0.4, 0.5) is 17.1 Å². The van der Waals surface area contributed by atoms with Gasteiger partial charge in [-0.25, -0.2) is 0 Å². The Balaban J connectivity index is 1.33. The van der Waals surface area contributed by atoms with Crippen molar-refractivity contribution in [2.24, 2.45) is 0 Å². The van der Waals surface area contributed by atoms with Crippen molar-refractivity contribution in [1.29, 1.82) is 0 Å². The predicted octanol–water partition coefficient (Wildman–Crippen LogP) is 2.75. The number of fused-ring (bicyclic) bond motifs is 4. The number of benzene rings is 2. The number of rotatable bonds is 4. The van der Waals surface area contributed by atoms with Crippen molar-refractivity contribution in [3.8, 4) is 0 Å². The molecule has 0 radical (unpaired) electrons. The minimum absolute atomic E-state index is 0.00413. The molecular formula is C24H24N4O4. The fourth-order valence-electron chi connectivity index (χ4n) is 5.02. The van der Waals surface area contributed by atoms with E-state index in [-0.39, 0.29) is 36.6 Å². The molecule has 0 bridgehead atoms. The van der Waals surface area contributed by atoms with E-state index in [1.54, 1.807) is 34.1 Å². The molecule has 2 aromatic carbocycles. The lowest BCUT2D eigenvalue weighted by atomic mass is 9.97. The second-order valence-electron chi connectivity index (χ2n) is 8.57. The van der Waals surface area contributed by atoms with Crippen molar-refractivity contribution >= 4 is 40.7 Å². The Bertz CT molecular complexity index is 1150. The van der Waals surface area contributed by atoms with E-state index in [1.807, 2.05) is 31.2 Å². The topological polar surface area (TPSA) is 90.0 Å². The minimum atomic E-state index is -0.733. The Morgan fingerprint density at radius 3 is 2.56 bits per heavy atom. The average molecular weight is 432 g/mol. The van der Waals surface area contributed by atoms with E-state index in [4.69, 9.17) is 0 Å². The molecule has 32 heavy (non-hydrogen) atoms. The van der Waals surface area contributed by atoms with Gasteiger partial charge in [-0.05, 0) is 44.0 Å². The molecule has 1 fully saturated rings. The van der Waals surface area contributed by atoms with Gasteiger partial charge < -0.3 is 15.1 Å². The van der Waals surface area contributed by atoms with Gasteiger partial charge in [-0.3, -0.25) is 24.1 Å². The van der Waals surface area contributed by atoms with Crippen LogP contribution in [0.15, 0.2) is 48.5 Å². The Morgan fingerprint density at radius 1 is 1.03 bits per heavy atom. The summed E-state index contributed by atoms with van der Waals surface area (Å²) in [6, 6.07) is 14.4. The summed E-state index contributed by atoms with van der Waals surface area (Å²) >= 11 is 0.